The van der Waals surface area contributed by atoms with Gasteiger partial charge in [0, 0.05) is 25.8 Å². The van der Waals surface area contributed by atoms with Crippen molar-refractivity contribution < 1.29 is 9.53 Å². The molecule has 0 radical (unpaired) electrons. The van der Waals surface area contributed by atoms with E-state index in [0.717, 1.165) is 24.4 Å². The fourth-order valence-corrected chi connectivity index (χ4v) is 3.16. The molecule has 128 valence electrons. The molecule has 0 aromatic heterocycles. The van der Waals surface area contributed by atoms with E-state index in [2.05, 4.69) is 24.1 Å². The average molecular weight is 327 g/mol. The summed E-state index contributed by atoms with van der Waals surface area (Å²) in [6.45, 7) is 6.57. The van der Waals surface area contributed by atoms with E-state index in [0.29, 0.717) is 18.4 Å². The number of nitrogens with zero attached hydrogens (tertiary/aromatic N) is 2. The van der Waals surface area contributed by atoms with E-state index >= 15 is 0 Å². The summed E-state index contributed by atoms with van der Waals surface area (Å²) in [7, 11) is 1.61. The van der Waals surface area contributed by atoms with Crippen molar-refractivity contribution in [2.45, 2.75) is 26.8 Å². The van der Waals surface area contributed by atoms with E-state index in [9.17, 15) is 10.1 Å². The highest BCUT2D eigenvalue weighted by Crippen LogP contribution is 2.21. The Morgan fingerprint density at radius 2 is 1.96 bits per heavy atom. The summed E-state index contributed by atoms with van der Waals surface area (Å²) >= 11 is 0. The van der Waals surface area contributed by atoms with Gasteiger partial charge in [0.2, 0.25) is 0 Å². The molecule has 1 saturated heterocycles. The number of benzene rings is 1. The first-order chi connectivity index (χ1) is 11.5. The molecule has 2 rings (SSSR count). The Bertz CT molecular complexity index is 621. The first-order valence-electron chi connectivity index (χ1n) is 8.29. The predicted molar refractivity (Wildman–Crippen MR) is 93.1 cm³/mol. The van der Waals surface area contributed by atoms with Crippen molar-refractivity contribution in [3.05, 3.63) is 41.6 Å². The van der Waals surface area contributed by atoms with Crippen LogP contribution in [0, 0.1) is 23.2 Å². The van der Waals surface area contributed by atoms with E-state index in [1.807, 2.05) is 30.3 Å². The Hall–Kier alpha value is -2.48. The second-order valence-electron chi connectivity index (χ2n) is 6.59. The molecule has 1 aromatic carbocycles. The number of ether oxygens (including phenoxy) is 1. The monoisotopic (exact) mass is 327 g/mol. The van der Waals surface area contributed by atoms with Crippen LogP contribution < -0.4 is 10.1 Å². The molecule has 0 aliphatic carbocycles. The Kier molecular flexibility index (Phi) is 6.25. The Morgan fingerprint density at radius 3 is 2.50 bits per heavy atom. The summed E-state index contributed by atoms with van der Waals surface area (Å²) in [6.07, 6.45) is 2.89. The molecule has 1 aromatic rings. The van der Waals surface area contributed by atoms with Crippen LogP contribution in [-0.2, 0) is 11.3 Å². The van der Waals surface area contributed by atoms with Crippen LogP contribution >= 0.6 is 0 Å². The van der Waals surface area contributed by atoms with E-state index in [1.165, 1.54) is 6.42 Å². The highest BCUT2D eigenvalue weighted by Gasteiger charge is 2.21. The minimum Gasteiger partial charge on any atom is -0.497 e. The van der Waals surface area contributed by atoms with Crippen LogP contribution in [0.4, 0.5) is 0 Å². The number of carbonyl (C=O) groups is 1. The number of rotatable bonds is 5. The fourth-order valence-electron chi connectivity index (χ4n) is 3.16. The van der Waals surface area contributed by atoms with Gasteiger partial charge in [0.25, 0.3) is 5.91 Å². The van der Waals surface area contributed by atoms with Crippen LogP contribution in [0.25, 0.3) is 0 Å². The molecule has 1 heterocycles. The van der Waals surface area contributed by atoms with Gasteiger partial charge in [0.15, 0.2) is 0 Å². The van der Waals surface area contributed by atoms with Gasteiger partial charge in [-0.05, 0) is 36.0 Å². The summed E-state index contributed by atoms with van der Waals surface area (Å²) in [5, 5.41) is 12.1. The van der Waals surface area contributed by atoms with E-state index in [4.69, 9.17) is 4.74 Å². The maximum atomic E-state index is 12.3. The first-order valence-corrected chi connectivity index (χ1v) is 8.29. The standard InChI is InChI=1S/C19H25N3O2/c1-14-8-15(2)12-22(11-14)13-17(9-20)19(23)21-10-16-4-6-18(24-3)7-5-16/h4-7,13-15H,8,10-12H2,1-3H3,(H,21,23)/b17-13-. The molecule has 0 saturated carbocycles. The van der Waals surface area contributed by atoms with E-state index < -0.39 is 0 Å². The molecule has 0 spiro atoms. The lowest BCUT2D eigenvalue weighted by atomic mass is 9.92. The Labute approximate surface area is 143 Å². The second kappa shape index (κ2) is 8.39. The lowest BCUT2D eigenvalue weighted by molar-refractivity contribution is -0.117. The summed E-state index contributed by atoms with van der Waals surface area (Å²) in [6, 6.07) is 9.50. The number of hydrogen-bond acceptors (Lipinski definition) is 4. The van der Waals surface area contributed by atoms with Crippen molar-refractivity contribution in [3.63, 3.8) is 0 Å². The molecule has 5 nitrogen and oxygen atoms in total. The van der Waals surface area contributed by atoms with Crippen LogP contribution in [0.1, 0.15) is 25.8 Å². The topological polar surface area (TPSA) is 65.4 Å². The van der Waals surface area contributed by atoms with Gasteiger partial charge in [-0.15, -0.1) is 0 Å². The Morgan fingerprint density at radius 1 is 1.33 bits per heavy atom. The maximum Gasteiger partial charge on any atom is 0.263 e. The van der Waals surface area contributed by atoms with Crippen molar-refractivity contribution >= 4 is 5.91 Å². The van der Waals surface area contributed by atoms with Gasteiger partial charge in [-0.2, -0.15) is 5.26 Å². The molecule has 1 amide bonds. The van der Waals surface area contributed by atoms with Gasteiger partial charge in [0.1, 0.15) is 17.4 Å². The number of carbonyl (C=O) groups excluding carboxylic acids is 1. The van der Waals surface area contributed by atoms with Crippen LogP contribution in [0.15, 0.2) is 36.0 Å². The van der Waals surface area contributed by atoms with Crippen molar-refractivity contribution in [1.29, 1.82) is 5.26 Å². The molecule has 1 N–H and O–H groups in total. The highest BCUT2D eigenvalue weighted by atomic mass is 16.5. The van der Waals surface area contributed by atoms with Gasteiger partial charge >= 0.3 is 0 Å². The molecule has 5 heteroatoms. The molecule has 1 aliphatic heterocycles. The maximum absolute atomic E-state index is 12.3. The first kappa shape index (κ1) is 17.9. The molecular formula is C19H25N3O2. The van der Waals surface area contributed by atoms with Gasteiger partial charge in [-0.1, -0.05) is 26.0 Å². The van der Waals surface area contributed by atoms with E-state index in [1.54, 1.807) is 13.3 Å². The van der Waals surface area contributed by atoms with Gasteiger partial charge in [0.05, 0.1) is 7.11 Å². The van der Waals surface area contributed by atoms with Gasteiger partial charge in [-0.25, -0.2) is 0 Å². The third-order valence-corrected chi connectivity index (χ3v) is 4.19. The van der Waals surface area contributed by atoms with Gasteiger partial charge < -0.3 is 15.0 Å². The zero-order valence-electron chi connectivity index (χ0n) is 14.6. The normalized spacial score (nSPS) is 21.1. The number of likely N-dealkylation sites (tertiary alicyclic amines) is 1. The summed E-state index contributed by atoms with van der Waals surface area (Å²) < 4.78 is 5.11. The zero-order chi connectivity index (χ0) is 17.5. The lowest BCUT2D eigenvalue weighted by Crippen LogP contribution is -2.36. The molecule has 1 fully saturated rings. The number of piperidine rings is 1. The molecule has 24 heavy (non-hydrogen) atoms. The smallest absolute Gasteiger partial charge is 0.263 e. The SMILES string of the molecule is COc1ccc(CNC(=O)/C(C#N)=C\N2CC(C)CC(C)C2)cc1. The van der Waals surface area contributed by atoms with Crippen molar-refractivity contribution in [2.75, 3.05) is 20.2 Å². The molecule has 2 unspecified atom stereocenters. The number of methoxy groups -OCH3 is 1. The van der Waals surface area contributed by atoms with Crippen LogP contribution in [0.2, 0.25) is 0 Å². The Balaban J connectivity index is 1.95. The molecule has 2 atom stereocenters. The molecular weight excluding hydrogens is 302 g/mol. The number of hydrogen-bond donors (Lipinski definition) is 1. The summed E-state index contributed by atoms with van der Waals surface area (Å²) in [5.41, 5.74) is 1.12. The predicted octanol–water partition coefficient (Wildman–Crippen LogP) is 2.70. The van der Waals surface area contributed by atoms with Crippen molar-refractivity contribution in [3.8, 4) is 11.8 Å². The number of amides is 1. The van der Waals surface area contributed by atoms with E-state index in [-0.39, 0.29) is 11.5 Å². The zero-order valence-corrected chi connectivity index (χ0v) is 14.6. The number of nitriles is 1. The lowest BCUT2D eigenvalue weighted by Gasteiger charge is -2.34. The van der Waals surface area contributed by atoms with Crippen LogP contribution in [0.3, 0.4) is 0 Å². The average Bonchev–Trinajstić information content (AvgIpc) is 2.57. The largest absolute Gasteiger partial charge is 0.497 e. The summed E-state index contributed by atoms with van der Waals surface area (Å²) in [5.74, 6) is 1.59. The summed E-state index contributed by atoms with van der Waals surface area (Å²) in [4.78, 5) is 14.3. The third kappa shape index (κ3) is 5.02. The molecule has 1 aliphatic rings. The quantitative estimate of drug-likeness (QED) is 0.667. The highest BCUT2D eigenvalue weighted by molar-refractivity contribution is 5.97. The fraction of sp³-hybridized carbons (Fsp3) is 0.474. The molecule has 0 bridgehead atoms. The van der Waals surface area contributed by atoms with Crippen LogP contribution in [0.5, 0.6) is 5.75 Å². The van der Waals surface area contributed by atoms with Crippen LogP contribution in [-0.4, -0.2) is 31.0 Å². The minimum atomic E-state index is -0.334. The number of nitrogens with one attached hydrogen (secondary N) is 1. The minimum absolute atomic E-state index is 0.157. The third-order valence-electron chi connectivity index (χ3n) is 4.19. The van der Waals surface area contributed by atoms with Crippen molar-refractivity contribution in [1.82, 2.24) is 10.2 Å². The second-order valence-corrected chi connectivity index (χ2v) is 6.59. The van der Waals surface area contributed by atoms with Gasteiger partial charge in [-0.3, -0.25) is 4.79 Å². The van der Waals surface area contributed by atoms with Crippen molar-refractivity contribution in [2.24, 2.45) is 11.8 Å².